The normalized spacial score (nSPS) is 28.4. The van der Waals surface area contributed by atoms with Crippen molar-refractivity contribution >= 4 is 12.0 Å². The van der Waals surface area contributed by atoms with E-state index in [1.165, 1.54) is 12.8 Å². The van der Waals surface area contributed by atoms with Crippen molar-refractivity contribution in [2.45, 2.75) is 77.0 Å². The SMILES string of the molecule is CC(C)(C)OC(=O)N1CCC(C(=O)N2CCOC3CCCCC32)CC1. The summed E-state index contributed by atoms with van der Waals surface area (Å²) in [5.74, 6) is 0.295. The minimum atomic E-state index is -0.479. The second-order valence-corrected chi connectivity index (χ2v) is 8.53. The first kappa shape index (κ1) is 18.5. The quantitative estimate of drug-likeness (QED) is 0.728. The van der Waals surface area contributed by atoms with Crippen molar-refractivity contribution in [3.8, 4) is 0 Å². The highest BCUT2D eigenvalue weighted by atomic mass is 16.6. The Hall–Kier alpha value is -1.30. The van der Waals surface area contributed by atoms with E-state index >= 15 is 0 Å². The molecule has 0 aromatic carbocycles. The van der Waals surface area contributed by atoms with Crippen LogP contribution in [0.2, 0.25) is 0 Å². The van der Waals surface area contributed by atoms with Crippen molar-refractivity contribution in [3.63, 3.8) is 0 Å². The van der Waals surface area contributed by atoms with Gasteiger partial charge in [-0.2, -0.15) is 0 Å². The van der Waals surface area contributed by atoms with Gasteiger partial charge in [0.2, 0.25) is 5.91 Å². The minimum absolute atomic E-state index is 0.0272. The molecule has 2 aliphatic heterocycles. The molecule has 0 N–H and O–H groups in total. The molecule has 25 heavy (non-hydrogen) atoms. The molecule has 3 rings (SSSR count). The van der Waals surface area contributed by atoms with Crippen LogP contribution in [0.15, 0.2) is 0 Å². The summed E-state index contributed by atoms with van der Waals surface area (Å²) >= 11 is 0. The van der Waals surface area contributed by atoms with Crippen LogP contribution in [0.1, 0.15) is 59.3 Å². The molecular formula is C19H32N2O4. The first-order valence-corrected chi connectivity index (χ1v) is 9.75. The summed E-state index contributed by atoms with van der Waals surface area (Å²) in [4.78, 5) is 29.0. The van der Waals surface area contributed by atoms with Gasteiger partial charge in [0, 0.05) is 25.6 Å². The van der Waals surface area contributed by atoms with E-state index in [9.17, 15) is 9.59 Å². The maximum atomic E-state index is 13.0. The number of hydrogen-bond acceptors (Lipinski definition) is 4. The van der Waals surface area contributed by atoms with Crippen LogP contribution in [0.3, 0.4) is 0 Å². The highest BCUT2D eigenvalue weighted by Gasteiger charge is 2.40. The third kappa shape index (κ3) is 4.46. The number of piperidine rings is 1. The van der Waals surface area contributed by atoms with Gasteiger partial charge in [-0.15, -0.1) is 0 Å². The summed E-state index contributed by atoms with van der Waals surface area (Å²) in [6.45, 7) is 8.20. The Balaban J connectivity index is 1.53. The maximum Gasteiger partial charge on any atom is 0.410 e. The Kier molecular flexibility index (Phi) is 5.56. The first-order valence-electron chi connectivity index (χ1n) is 9.75. The second-order valence-electron chi connectivity index (χ2n) is 8.53. The van der Waals surface area contributed by atoms with Crippen LogP contribution in [0, 0.1) is 5.92 Å². The average molecular weight is 352 g/mol. The Bertz CT molecular complexity index is 492. The fourth-order valence-corrected chi connectivity index (χ4v) is 4.24. The van der Waals surface area contributed by atoms with E-state index < -0.39 is 5.60 Å². The van der Waals surface area contributed by atoms with Crippen molar-refractivity contribution in [2.75, 3.05) is 26.2 Å². The Morgan fingerprint density at radius 1 is 1.00 bits per heavy atom. The molecule has 2 unspecified atom stereocenters. The Morgan fingerprint density at radius 2 is 1.68 bits per heavy atom. The Morgan fingerprint density at radius 3 is 2.36 bits per heavy atom. The van der Waals surface area contributed by atoms with Crippen LogP contribution >= 0.6 is 0 Å². The monoisotopic (exact) mass is 352 g/mol. The third-order valence-electron chi connectivity index (χ3n) is 5.51. The van der Waals surface area contributed by atoms with Crippen molar-refractivity contribution in [1.82, 2.24) is 9.80 Å². The number of morpholine rings is 1. The molecule has 0 aromatic heterocycles. The minimum Gasteiger partial charge on any atom is -0.444 e. The Labute approximate surface area is 150 Å². The zero-order chi connectivity index (χ0) is 18.0. The molecule has 0 spiro atoms. The van der Waals surface area contributed by atoms with E-state index in [1.54, 1.807) is 4.90 Å². The van der Waals surface area contributed by atoms with Crippen molar-refractivity contribution in [3.05, 3.63) is 0 Å². The number of carbonyl (C=O) groups is 2. The van der Waals surface area contributed by atoms with Gasteiger partial charge in [-0.05, 0) is 46.5 Å². The summed E-state index contributed by atoms with van der Waals surface area (Å²) in [6.07, 6.45) is 5.95. The molecule has 1 aliphatic carbocycles. The summed E-state index contributed by atoms with van der Waals surface area (Å²) in [5, 5.41) is 0. The van der Waals surface area contributed by atoms with E-state index in [4.69, 9.17) is 9.47 Å². The van der Waals surface area contributed by atoms with E-state index in [0.717, 1.165) is 25.7 Å². The number of fused-ring (bicyclic) bond motifs is 1. The number of hydrogen-bond donors (Lipinski definition) is 0. The summed E-state index contributed by atoms with van der Waals surface area (Å²) < 4.78 is 11.3. The summed E-state index contributed by atoms with van der Waals surface area (Å²) in [6, 6.07) is 0.263. The van der Waals surface area contributed by atoms with Crippen LogP contribution in [0.25, 0.3) is 0 Å². The first-order chi connectivity index (χ1) is 11.8. The number of rotatable bonds is 1. The molecule has 3 fully saturated rings. The molecule has 6 heteroatoms. The van der Waals surface area contributed by atoms with Gasteiger partial charge in [0.05, 0.1) is 18.8 Å². The molecule has 6 nitrogen and oxygen atoms in total. The molecule has 0 bridgehead atoms. The summed E-state index contributed by atoms with van der Waals surface area (Å²) in [5.41, 5.74) is -0.479. The molecule has 2 heterocycles. The molecule has 2 amide bonds. The molecule has 2 atom stereocenters. The summed E-state index contributed by atoms with van der Waals surface area (Å²) in [7, 11) is 0. The van der Waals surface area contributed by atoms with Gasteiger partial charge in [-0.25, -0.2) is 4.79 Å². The predicted molar refractivity (Wildman–Crippen MR) is 94.2 cm³/mol. The number of amides is 2. The van der Waals surface area contributed by atoms with Crippen molar-refractivity contribution in [2.24, 2.45) is 5.92 Å². The smallest absolute Gasteiger partial charge is 0.410 e. The van der Waals surface area contributed by atoms with Crippen molar-refractivity contribution in [1.29, 1.82) is 0 Å². The van der Waals surface area contributed by atoms with Crippen molar-refractivity contribution < 1.29 is 19.1 Å². The standard InChI is InChI=1S/C19H32N2O4/c1-19(2,3)25-18(23)20-10-8-14(9-11-20)17(22)21-12-13-24-16-7-5-4-6-15(16)21/h14-16H,4-13H2,1-3H3. The number of ether oxygens (including phenoxy) is 2. The lowest BCUT2D eigenvalue weighted by atomic mass is 9.88. The van der Waals surface area contributed by atoms with Crippen LogP contribution in [0.4, 0.5) is 4.79 Å². The fraction of sp³-hybridized carbons (Fsp3) is 0.895. The number of nitrogens with zero attached hydrogens (tertiary/aromatic N) is 2. The van der Waals surface area contributed by atoms with E-state index in [1.807, 2.05) is 20.8 Å². The highest BCUT2D eigenvalue weighted by Crippen LogP contribution is 2.31. The van der Waals surface area contributed by atoms with Gasteiger partial charge < -0.3 is 19.3 Å². The van der Waals surface area contributed by atoms with E-state index in [2.05, 4.69) is 4.90 Å². The van der Waals surface area contributed by atoms with Gasteiger partial charge in [0.25, 0.3) is 0 Å². The van der Waals surface area contributed by atoms with Crippen LogP contribution in [0.5, 0.6) is 0 Å². The fourth-order valence-electron chi connectivity index (χ4n) is 4.24. The molecular weight excluding hydrogens is 320 g/mol. The van der Waals surface area contributed by atoms with Crippen LogP contribution in [-0.4, -0.2) is 65.8 Å². The van der Waals surface area contributed by atoms with E-state index in [-0.39, 0.29) is 30.1 Å². The predicted octanol–water partition coefficient (Wildman–Crippen LogP) is 2.80. The zero-order valence-corrected chi connectivity index (χ0v) is 15.8. The number of carbonyl (C=O) groups excluding carboxylic acids is 2. The third-order valence-corrected chi connectivity index (χ3v) is 5.51. The molecule has 142 valence electrons. The van der Waals surface area contributed by atoms with Gasteiger partial charge in [-0.1, -0.05) is 12.8 Å². The second kappa shape index (κ2) is 7.52. The van der Waals surface area contributed by atoms with Gasteiger partial charge in [0.15, 0.2) is 0 Å². The topological polar surface area (TPSA) is 59.1 Å². The van der Waals surface area contributed by atoms with E-state index in [0.29, 0.717) is 26.2 Å². The molecule has 2 saturated heterocycles. The molecule has 3 aliphatic rings. The molecule has 0 aromatic rings. The average Bonchev–Trinajstić information content (AvgIpc) is 2.59. The largest absolute Gasteiger partial charge is 0.444 e. The van der Waals surface area contributed by atoms with Gasteiger partial charge in [0.1, 0.15) is 5.60 Å². The number of likely N-dealkylation sites (tertiary alicyclic amines) is 1. The molecule has 1 saturated carbocycles. The lowest BCUT2D eigenvalue weighted by Crippen LogP contribution is -2.57. The van der Waals surface area contributed by atoms with Crippen LogP contribution in [-0.2, 0) is 14.3 Å². The van der Waals surface area contributed by atoms with Gasteiger partial charge >= 0.3 is 6.09 Å². The zero-order valence-electron chi connectivity index (χ0n) is 15.8. The highest BCUT2D eigenvalue weighted by molar-refractivity contribution is 5.80. The lowest BCUT2D eigenvalue weighted by molar-refractivity contribution is -0.155. The molecule has 0 radical (unpaired) electrons. The maximum absolute atomic E-state index is 13.0. The lowest BCUT2D eigenvalue weighted by Gasteiger charge is -2.45. The van der Waals surface area contributed by atoms with Crippen LogP contribution < -0.4 is 0 Å². The van der Waals surface area contributed by atoms with Gasteiger partial charge in [-0.3, -0.25) is 4.79 Å².